The van der Waals surface area contributed by atoms with Gasteiger partial charge < -0.3 is 5.32 Å². The maximum atomic E-state index is 4.75. The molecule has 2 nitrogen and oxygen atoms in total. The van der Waals surface area contributed by atoms with Crippen LogP contribution in [-0.4, -0.2) is 11.5 Å². The van der Waals surface area contributed by atoms with Crippen molar-refractivity contribution in [2.75, 3.05) is 11.9 Å². The van der Waals surface area contributed by atoms with Gasteiger partial charge in [-0.15, -0.1) is 0 Å². The molecule has 3 aromatic rings. The molecule has 0 fully saturated rings. The molecule has 0 saturated heterocycles. The number of hydrogen-bond acceptors (Lipinski definition) is 2. The predicted molar refractivity (Wildman–Crippen MR) is 81.3 cm³/mol. The molecule has 94 valence electrons. The predicted octanol–water partition coefficient (Wildman–Crippen LogP) is 4.33. The molecule has 0 atom stereocenters. The monoisotopic (exact) mass is 248 g/mol. The van der Waals surface area contributed by atoms with Crippen molar-refractivity contribution in [1.29, 1.82) is 0 Å². The van der Waals surface area contributed by atoms with Crippen LogP contribution in [-0.2, 0) is 0 Å². The minimum atomic E-state index is 0.870. The molecule has 19 heavy (non-hydrogen) atoms. The summed E-state index contributed by atoms with van der Waals surface area (Å²) < 4.78 is 0. The van der Waals surface area contributed by atoms with Gasteiger partial charge in [-0.3, -0.25) is 0 Å². The molecule has 3 rings (SSSR count). The van der Waals surface area contributed by atoms with E-state index in [9.17, 15) is 0 Å². The Morgan fingerprint density at radius 1 is 0.947 bits per heavy atom. The zero-order valence-corrected chi connectivity index (χ0v) is 10.9. The van der Waals surface area contributed by atoms with E-state index in [-0.39, 0.29) is 0 Å². The lowest BCUT2D eigenvalue weighted by molar-refractivity contribution is 1.17. The Morgan fingerprint density at radius 2 is 1.68 bits per heavy atom. The smallest absolute Gasteiger partial charge is 0.134 e. The molecule has 1 aromatic heterocycles. The molecule has 0 unspecified atom stereocenters. The second kappa shape index (κ2) is 5.11. The summed E-state index contributed by atoms with van der Waals surface area (Å²) >= 11 is 0. The number of rotatable bonds is 3. The maximum absolute atomic E-state index is 4.75. The van der Waals surface area contributed by atoms with E-state index >= 15 is 0 Å². The Kier molecular flexibility index (Phi) is 3.15. The molecular weight excluding hydrogens is 232 g/mol. The molecule has 0 amide bonds. The van der Waals surface area contributed by atoms with Crippen molar-refractivity contribution in [3.05, 3.63) is 60.7 Å². The summed E-state index contributed by atoms with van der Waals surface area (Å²) in [6.45, 7) is 2.96. The third-order valence-corrected chi connectivity index (χ3v) is 3.15. The molecule has 0 spiro atoms. The number of aromatic nitrogens is 1. The second-order valence-corrected chi connectivity index (χ2v) is 4.47. The van der Waals surface area contributed by atoms with Crippen LogP contribution in [0.3, 0.4) is 0 Å². The maximum Gasteiger partial charge on any atom is 0.134 e. The van der Waals surface area contributed by atoms with Gasteiger partial charge in [0.15, 0.2) is 0 Å². The number of benzene rings is 2. The normalized spacial score (nSPS) is 10.6. The third-order valence-electron chi connectivity index (χ3n) is 3.15. The van der Waals surface area contributed by atoms with E-state index in [1.165, 1.54) is 10.8 Å². The second-order valence-electron chi connectivity index (χ2n) is 4.47. The zero-order valence-electron chi connectivity index (χ0n) is 10.9. The third kappa shape index (κ3) is 2.29. The van der Waals surface area contributed by atoms with Crippen LogP contribution >= 0.6 is 0 Å². The van der Waals surface area contributed by atoms with Crippen molar-refractivity contribution in [2.45, 2.75) is 6.92 Å². The number of pyridine rings is 1. The van der Waals surface area contributed by atoms with Gasteiger partial charge >= 0.3 is 0 Å². The highest BCUT2D eigenvalue weighted by atomic mass is 15.0. The van der Waals surface area contributed by atoms with E-state index in [2.05, 4.69) is 48.6 Å². The SMILES string of the molecule is CCNc1nc(-c2ccccc2)cc2ccccc12. The molecule has 0 aliphatic rings. The fourth-order valence-electron chi connectivity index (χ4n) is 2.26. The average Bonchev–Trinajstić information content (AvgIpc) is 2.48. The van der Waals surface area contributed by atoms with Crippen LogP contribution in [0.15, 0.2) is 60.7 Å². The Balaban J connectivity index is 2.22. The molecule has 2 aromatic carbocycles. The van der Waals surface area contributed by atoms with Crippen molar-refractivity contribution >= 4 is 16.6 Å². The number of nitrogens with one attached hydrogen (secondary N) is 1. The van der Waals surface area contributed by atoms with Gasteiger partial charge in [0.05, 0.1) is 5.69 Å². The highest BCUT2D eigenvalue weighted by Crippen LogP contribution is 2.27. The van der Waals surface area contributed by atoms with Gasteiger partial charge in [0.1, 0.15) is 5.82 Å². The van der Waals surface area contributed by atoms with Crippen LogP contribution < -0.4 is 5.32 Å². The number of nitrogens with zero attached hydrogens (tertiary/aromatic N) is 1. The van der Waals surface area contributed by atoms with E-state index in [4.69, 9.17) is 4.98 Å². The molecule has 1 N–H and O–H groups in total. The largest absolute Gasteiger partial charge is 0.370 e. The first-order chi connectivity index (χ1) is 9.38. The highest BCUT2D eigenvalue weighted by Gasteiger charge is 2.06. The van der Waals surface area contributed by atoms with Crippen molar-refractivity contribution in [3.8, 4) is 11.3 Å². The van der Waals surface area contributed by atoms with Crippen LogP contribution in [0.2, 0.25) is 0 Å². The number of anilines is 1. The van der Waals surface area contributed by atoms with Crippen LogP contribution in [0, 0.1) is 0 Å². The van der Waals surface area contributed by atoms with Crippen molar-refractivity contribution < 1.29 is 0 Å². The molecule has 0 aliphatic carbocycles. The zero-order chi connectivity index (χ0) is 13.1. The molecule has 1 heterocycles. The Bertz CT molecular complexity index is 690. The van der Waals surface area contributed by atoms with E-state index in [0.29, 0.717) is 0 Å². The molecule has 0 radical (unpaired) electrons. The fraction of sp³-hybridized carbons (Fsp3) is 0.118. The summed E-state index contributed by atoms with van der Waals surface area (Å²) in [6.07, 6.45) is 0. The summed E-state index contributed by atoms with van der Waals surface area (Å²) in [5.74, 6) is 0.958. The van der Waals surface area contributed by atoms with Gasteiger partial charge in [-0.1, -0.05) is 54.6 Å². The Labute approximate surface area is 113 Å². The van der Waals surface area contributed by atoms with Crippen LogP contribution in [0.5, 0.6) is 0 Å². The fourth-order valence-corrected chi connectivity index (χ4v) is 2.26. The first kappa shape index (κ1) is 11.7. The summed E-state index contributed by atoms with van der Waals surface area (Å²) in [5.41, 5.74) is 2.16. The number of hydrogen-bond donors (Lipinski definition) is 1. The molecular formula is C17H16N2. The standard InChI is InChI=1S/C17H16N2/c1-2-18-17-15-11-7-6-10-14(15)12-16(19-17)13-8-4-3-5-9-13/h3-12H,2H2,1H3,(H,18,19). The number of fused-ring (bicyclic) bond motifs is 1. The summed E-state index contributed by atoms with van der Waals surface area (Å²) in [5, 5.41) is 5.74. The lowest BCUT2D eigenvalue weighted by Gasteiger charge is -2.10. The van der Waals surface area contributed by atoms with Crippen LogP contribution in [0.1, 0.15) is 6.92 Å². The molecule has 0 aliphatic heterocycles. The minimum absolute atomic E-state index is 0.870. The van der Waals surface area contributed by atoms with E-state index in [1.54, 1.807) is 0 Å². The average molecular weight is 248 g/mol. The van der Waals surface area contributed by atoms with Gasteiger partial charge in [-0.2, -0.15) is 0 Å². The van der Waals surface area contributed by atoms with E-state index in [0.717, 1.165) is 23.6 Å². The van der Waals surface area contributed by atoms with Crippen molar-refractivity contribution in [1.82, 2.24) is 4.98 Å². The van der Waals surface area contributed by atoms with Gasteiger partial charge in [-0.05, 0) is 18.4 Å². The topological polar surface area (TPSA) is 24.9 Å². The summed E-state index contributed by atoms with van der Waals surface area (Å²) in [6, 6.07) is 20.8. The van der Waals surface area contributed by atoms with Crippen LogP contribution in [0.25, 0.3) is 22.0 Å². The lowest BCUT2D eigenvalue weighted by Crippen LogP contribution is -2.01. The molecule has 0 bridgehead atoms. The quantitative estimate of drug-likeness (QED) is 0.746. The van der Waals surface area contributed by atoms with Gasteiger partial charge in [0.2, 0.25) is 0 Å². The van der Waals surface area contributed by atoms with E-state index < -0.39 is 0 Å². The first-order valence-electron chi connectivity index (χ1n) is 6.57. The van der Waals surface area contributed by atoms with Crippen molar-refractivity contribution in [3.63, 3.8) is 0 Å². The summed E-state index contributed by atoms with van der Waals surface area (Å²) in [4.78, 5) is 4.75. The van der Waals surface area contributed by atoms with Gasteiger partial charge in [0, 0.05) is 17.5 Å². The van der Waals surface area contributed by atoms with Crippen LogP contribution in [0.4, 0.5) is 5.82 Å². The van der Waals surface area contributed by atoms with Gasteiger partial charge in [-0.25, -0.2) is 4.98 Å². The highest BCUT2D eigenvalue weighted by molar-refractivity contribution is 5.94. The van der Waals surface area contributed by atoms with Crippen molar-refractivity contribution in [2.24, 2.45) is 0 Å². The molecule has 2 heteroatoms. The Morgan fingerprint density at radius 3 is 2.47 bits per heavy atom. The Hall–Kier alpha value is -2.35. The van der Waals surface area contributed by atoms with Gasteiger partial charge in [0.25, 0.3) is 0 Å². The first-order valence-corrected chi connectivity index (χ1v) is 6.57. The lowest BCUT2D eigenvalue weighted by atomic mass is 10.1. The summed E-state index contributed by atoms with van der Waals surface area (Å²) in [7, 11) is 0. The molecule has 0 saturated carbocycles. The minimum Gasteiger partial charge on any atom is -0.370 e. The van der Waals surface area contributed by atoms with E-state index in [1.807, 2.05) is 24.3 Å².